The first-order valence-corrected chi connectivity index (χ1v) is 5.91. The van der Waals surface area contributed by atoms with Crippen molar-refractivity contribution in [1.29, 1.82) is 0 Å². The lowest BCUT2D eigenvalue weighted by Crippen LogP contribution is -2.04. The first kappa shape index (κ1) is 12.2. The van der Waals surface area contributed by atoms with Gasteiger partial charge in [0.15, 0.2) is 0 Å². The van der Waals surface area contributed by atoms with E-state index in [0.717, 1.165) is 22.1 Å². The van der Waals surface area contributed by atoms with Crippen LogP contribution in [-0.4, -0.2) is 26.1 Å². The summed E-state index contributed by atoms with van der Waals surface area (Å²) in [5.41, 5.74) is 0.943. The molecule has 84 valence electrons. The van der Waals surface area contributed by atoms with Crippen LogP contribution in [0.4, 0.5) is 10.1 Å². The molecule has 0 fully saturated rings. The third-order valence-corrected chi connectivity index (χ3v) is 2.85. The highest BCUT2D eigenvalue weighted by Gasteiger charge is 2.03. The molecule has 0 saturated heterocycles. The lowest BCUT2D eigenvalue weighted by Gasteiger charge is -2.11. The molecule has 15 heavy (non-hydrogen) atoms. The van der Waals surface area contributed by atoms with Crippen LogP contribution in [0.15, 0.2) is 23.1 Å². The molecule has 0 unspecified atom stereocenters. The Morgan fingerprint density at radius 1 is 1.47 bits per heavy atom. The first-order chi connectivity index (χ1) is 7.31. The van der Waals surface area contributed by atoms with E-state index >= 15 is 0 Å². The standard InChI is InChI=1S/C11H16FNOS/c1-3-15-11-5-4-9(14-2)8-10(11)13-7-6-12/h4-5,8,13H,3,6-7H2,1-2H3. The van der Waals surface area contributed by atoms with Gasteiger partial charge < -0.3 is 10.1 Å². The van der Waals surface area contributed by atoms with E-state index in [2.05, 4.69) is 12.2 Å². The van der Waals surface area contributed by atoms with Gasteiger partial charge in [0, 0.05) is 17.5 Å². The summed E-state index contributed by atoms with van der Waals surface area (Å²) in [5, 5.41) is 3.05. The summed E-state index contributed by atoms with van der Waals surface area (Å²) in [6.45, 7) is 2.06. The summed E-state index contributed by atoms with van der Waals surface area (Å²) in [5.74, 6) is 1.79. The maximum Gasteiger partial charge on any atom is 0.121 e. The van der Waals surface area contributed by atoms with Gasteiger partial charge in [-0.05, 0) is 17.9 Å². The Kier molecular flexibility index (Phi) is 5.32. The number of hydrogen-bond donors (Lipinski definition) is 1. The van der Waals surface area contributed by atoms with Gasteiger partial charge in [-0.2, -0.15) is 0 Å². The van der Waals surface area contributed by atoms with E-state index in [1.54, 1.807) is 18.9 Å². The molecule has 2 nitrogen and oxygen atoms in total. The second kappa shape index (κ2) is 6.56. The Bertz CT molecular complexity index is 307. The molecule has 0 aliphatic rings. The number of methoxy groups -OCH3 is 1. The molecule has 1 N–H and O–H groups in total. The minimum Gasteiger partial charge on any atom is -0.497 e. The Hall–Kier alpha value is -0.900. The van der Waals surface area contributed by atoms with E-state index in [1.807, 2.05) is 18.2 Å². The monoisotopic (exact) mass is 229 g/mol. The number of alkyl halides is 1. The molecule has 0 aliphatic heterocycles. The van der Waals surface area contributed by atoms with Gasteiger partial charge in [-0.25, -0.2) is 4.39 Å². The molecule has 1 aromatic rings. The highest BCUT2D eigenvalue weighted by atomic mass is 32.2. The highest BCUT2D eigenvalue weighted by molar-refractivity contribution is 7.99. The van der Waals surface area contributed by atoms with Crippen molar-refractivity contribution < 1.29 is 9.13 Å². The summed E-state index contributed by atoms with van der Waals surface area (Å²) in [7, 11) is 1.63. The van der Waals surface area contributed by atoms with Crippen LogP contribution in [0, 0.1) is 0 Å². The number of hydrogen-bond acceptors (Lipinski definition) is 3. The number of nitrogens with one attached hydrogen (secondary N) is 1. The summed E-state index contributed by atoms with van der Waals surface area (Å²) in [4.78, 5) is 1.13. The minimum absolute atomic E-state index is 0.338. The molecule has 4 heteroatoms. The van der Waals surface area contributed by atoms with Crippen LogP contribution in [0.3, 0.4) is 0 Å². The molecule has 0 radical (unpaired) electrons. The van der Waals surface area contributed by atoms with Gasteiger partial charge in [0.1, 0.15) is 12.4 Å². The average molecular weight is 229 g/mol. The third-order valence-electron chi connectivity index (χ3n) is 1.90. The molecule has 0 spiro atoms. The number of halogens is 1. The molecular weight excluding hydrogens is 213 g/mol. The predicted molar refractivity (Wildman–Crippen MR) is 63.9 cm³/mol. The summed E-state index contributed by atoms with van der Waals surface area (Å²) in [6.07, 6.45) is 0. The Morgan fingerprint density at radius 3 is 2.87 bits per heavy atom. The number of rotatable bonds is 6. The Morgan fingerprint density at radius 2 is 2.27 bits per heavy atom. The van der Waals surface area contributed by atoms with Crippen molar-refractivity contribution in [1.82, 2.24) is 0 Å². The molecule has 0 atom stereocenters. The van der Waals surface area contributed by atoms with Crippen LogP contribution >= 0.6 is 11.8 Å². The number of ether oxygens (including phenoxy) is 1. The second-order valence-electron chi connectivity index (χ2n) is 2.91. The zero-order valence-electron chi connectivity index (χ0n) is 9.05. The summed E-state index contributed by atoms with van der Waals surface area (Å²) < 4.78 is 17.2. The summed E-state index contributed by atoms with van der Waals surface area (Å²) >= 11 is 1.73. The van der Waals surface area contributed by atoms with Crippen molar-refractivity contribution in [3.63, 3.8) is 0 Å². The van der Waals surface area contributed by atoms with Crippen molar-refractivity contribution in [2.45, 2.75) is 11.8 Å². The molecular formula is C11H16FNOS. The molecule has 1 aromatic carbocycles. The molecule has 0 amide bonds. The highest BCUT2D eigenvalue weighted by Crippen LogP contribution is 2.30. The van der Waals surface area contributed by atoms with Crippen molar-refractivity contribution in [2.75, 3.05) is 31.4 Å². The van der Waals surface area contributed by atoms with Crippen molar-refractivity contribution in [2.24, 2.45) is 0 Å². The molecule has 0 aliphatic carbocycles. The first-order valence-electron chi connectivity index (χ1n) is 4.92. The lowest BCUT2D eigenvalue weighted by atomic mass is 10.3. The minimum atomic E-state index is -0.368. The van der Waals surface area contributed by atoms with Crippen molar-refractivity contribution in [3.05, 3.63) is 18.2 Å². The molecule has 0 aromatic heterocycles. The van der Waals surface area contributed by atoms with E-state index in [1.165, 1.54) is 0 Å². The average Bonchev–Trinajstić information content (AvgIpc) is 2.28. The second-order valence-corrected chi connectivity index (χ2v) is 4.22. The molecule has 1 rings (SSSR count). The van der Waals surface area contributed by atoms with E-state index in [0.29, 0.717) is 6.54 Å². The Balaban J connectivity index is 2.83. The van der Waals surface area contributed by atoms with Crippen LogP contribution in [0.2, 0.25) is 0 Å². The topological polar surface area (TPSA) is 21.3 Å². The normalized spacial score (nSPS) is 10.1. The van der Waals surface area contributed by atoms with Gasteiger partial charge in [-0.1, -0.05) is 6.92 Å². The fourth-order valence-electron chi connectivity index (χ4n) is 1.24. The number of anilines is 1. The zero-order valence-corrected chi connectivity index (χ0v) is 9.86. The van der Waals surface area contributed by atoms with Crippen LogP contribution in [0.25, 0.3) is 0 Å². The fraction of sp³-hybridized carbons (Fsp3) is 0.455. The lowest BCUT2D eigenvalue weighted by molar-refractivity contribution is 0.414. The maximum atomic E-state index is 12.1. The Labute approximate surface area is 94.2 Å². The van der Waals surface area contributed by atoms with E-state index in [4.69, 9.17) is 4.74 Å². The maximum absolute atomic E-state index is 12.1. The largest absolute Gasteiger partial charge is 0.497 e. The predicted octanol–water partition coefficient (Wildman–Crippen LogP) is 3.19. The zero-order chi connectivity index (χ0) is 11.1. The van der Waals surface area contributed by atoms with E-state index in [9.17, 15) is 4.39 Å². The van der Waals surface area contributed by atoms with Gasteiger partial charge in [-0.3, -0.25) is 0 Å². The third kappa shape index (κ3) is 3.63. The molecule has 0 heterocycles. The number of benzene rings is 1. The quantitative estimate of drug-likeness (QED) is 0.757. The SMILES string of the molecule is CCSc1ccc(OC)cc1NCCF. The smallest absolute Gasteiger partial charge is 0.121 e. The van der Waals surface area contributed by atoms with Crippen molar-refractivity contribution in [3.8, 4) is 5.75 Å². The van der Waals surface area contributed by atoms with Crippen LogP contribution < -0.4 is 10.1 Å². The van der Waals surface area contributed by atoms with Gasteiger partial charge >= 0.3 is 0 Å². The van der Waals surface area contributed by atoms with Crippen LogP contribution in [-0.2, 0) is 0 Å². The van der Waals surface area contributed by atoms with Gasteiger partial charge in [0.25, 0.3) is 0 Å². The van der Waals surface area contributed by atoms with Gasteiger partial charge in [0.05, 0.1) is 12.8 Å². The van der Waals surface area contributed by atoms with Gasteiger partial charge in [0.2, 0.25) is 0 Å². The number of thioether (sulfide) groups is 1. The van der Waals surface area contributed by atoms with E-state index < -0.39 is 0 Å². The van der Waals surface area contributed by atoms with Gasteiger partial charge in [-0.15, -0.1) is 11.8 Å². The van der Waals surface area contributed by atoms with Crippen LogP contribution in [0.1, 0.15) is 6.92 Å². The van der Waals surface area contributed by atoms with E-state index in [-0.39, 0.29) is 6.67 Å². The van der Waals surface area contributed by atoms with Crippen LogP contribution in [0.5, 0.6) is 5.75 Å². The molecule has 0 bridgehead atoms. The molecule has 0 saturated carbocycles. The fourth-order valence-corrected chi connectivity index (χ4v) is 2.00. The van der Waals surface area contributed by atoms with Crippen molar-refractivity contribution >= 4 is 17.4 Å². The summed E-state index contributed by atoms with van der Waals surface area (Å²) in [6, 6.07) is 5.81.